The SMILES string of the molecule is CCc1ccc(NC(=O)CSCCCCN)cc1. The van der Waals surface area contributed by atoms with Crippen molar-refractivity contribution in [2.24, 2.45) is 5.73 Å². The highest BCUT2D eigenvalue weighted by Crippen LogP contribution is 2.11. The average molecular weight is 266 g/mol. The number of nitrogens with one attached hydrogen (secondary N) is 1. The second-order valence-corrected chi connectivity index (χ2v) is 5.25. The van der Waals surface area contributed by atoms with E-state index in [9.17, 15) is 4.79 Å². The van der Waals surface area contributed by atoms with Crippen molar-refractivity contribution in [3.05, 3.63) is 29.8 Å². The van der Waals surface area contributed by atoms with Crippen molar-refractivity contribution in [2.45, 2.75) is 26.2 Å². The van der Waals surface area contributed by atoms with Crippen LogP contribution in [0.1, 0.15) is 25.3 Å². The van der Waals surface area contributed by atoms with Crippen molar-refractivity contribution in [2.75, 3.05) is 23.4 Å². The van der Waals surface area contributed by atoms with Gasteiger partial charge in [0.05, 0.1) is 5.75 Å². The molecule has 0 aliphatic carbocycles. The molecule has 0 bridgehead atoms. The number of carbonyl (C=O) groups excluding carboxylic acids is 1. The molecule has 0 unspecified atom stereocenters. The Morgan fingerprint density at radius 2 is 2.00 bits per heavy atom. The third-order valence-electron chi connectivity index (χ3n) is 2.62. The maximum absolute atomic E-state index is 11.6. The molecule has 1 aromatic carbocycles. The van der Waals surface area contributed by atoms with E-state index in [1.165, 1.54) is 5.56 Å². The number of anilines is 1. The molecule has 18 heavy (non-hydrogen) atoms. The van der Waals surface area contributed by atoms with Gasteiger partial charge in [0.25, 0.3) is 0 Å². The van der Waals surface area contributed by atoms with Crippen molar-refractivity contribution >= 4 is 23.4 Å². The topological polar surface area (TPSA) is 55.1 Å². The van der Waals surface area contributed by atoms with Crippen molar-refractivity contribution in [1.29, 1.82) is 0 Å². The van der Waals surface area contributed by atoms with Crippen LogP contribution in [0.5, 0.6) is 0 Å². The van der Waals surface area contributed by atoms with Crippen LogP contribution in [0.3, 0.4) is 0 Å². The summed E-state index contributed by atoms with van der Waals surface area (Å²) in [5, 5.41) is 2.90. The van der Waals surface area contributed by atoms with E-state index in [1.54, 1.807) is 11.8 Å². The fourth-order valence-electron chi connectivity index (χ4n) is 1.53. The summed E-state index contributed by atoms with van der Waals surface area (Å²) in [6, 6.07) is 8.00. The Labute approximate surface area is 114 Å². The lowest BCUT2D eigenvalue weighted by atomic mass is 10.1. The first-order valence-corrected chi connectivity index (χ1v) is 7.58. The minimum absolute atomic E-state index is 0.0667. The number of benzene rings is 1. The predicted octanol–water partition coefficient (Wildman–Crippen LogP) is 2.66. The van der Waals surface area contributed by atoms with Gasteiger partial charge in [-0.15, -0.1) is 0 Å². The van der Waals surface area contributed by atoms with Crippen LogP contribution in [-0.4, -0.2) is 24.0 Å². The van der Waals surface area contributed by atoms with Crippen LogP contribution < -0.4 is 11.1 Å². The molecular weight excluding hydrogens is 244 g/mol. The standard InChI is InChI=1S/C14H22N2OS/c1-2-12-5-7-13(8-6-12)16-14(17)11-18-10-4-3-9-15/h5-8H,2-4,9-11,15H2,1H3,(H,16,17). The molecule has 1 amide bonds. The van der Waals surface area contributed by atoms with Crippen LogP contribution in [0, 0.1) is 0 Å². The van der Waals surface area contributed by atoms with Crippen molar-refractivity contribution in [1.82, 2.24) is 0 Å². The smallest absolute Gasteiger partial charge is 0.234 e. The molecule has 0 aliphatic rings. The number of aryl methyl sites for hydroxylation is 1. The van der Waals surface area contributed by atoms with Gasteiger partial charge in [0.2, 0.25) is 5.91 Å². The van der Waals surface area contributed by atoms with Gasteiger partial charge in [-0.3, -0.25) is 4.79 Å². The third-order valence-corrected chi connectivity index (χ3v) is 3.67. The Morgan fingerprint density at radius 1 is 1.28 bits per heavy atom. The molecule has 1 aromatic rings. The maximum Gasteiger partial charge on any atom is 0.234 e. The first-order chi connectivity index (χ1) is 8.76. The van der Waals surface area contributed by atoms with Crippen molar-refractivity contribution in [3.63, 3.8) is 0 Å². The zero-order valence-electron chi connectivity index (χ0n) is 10.9. The first-order valence-electron chi connectivity index (χ1n) is 6.43. The summed E-state index contributed by atoms with van der Waals surface area (Å²) in [6.07, 6.45) is 3.14. The van der Waals surface area contributed by atoms with Gasteiger partial charge in [0.15, 0.2) is 0 Å². The van der Waals surface area contributed by atoms with Gasteiger partial charge in [-0.1, -0.05) is 19.1 Å². The number of unbranched alkanes of at least 4 members (excludes halogenated alkanes) is 1. The number of hydrogen-bond donors (Lipinski definition) is 2. The fraction of sp³-hybridized carbons (Fsp3) is 0.500. The van der Waals surface area contributed by atoms with Crippen molar-refractivity contribution in [3.8, 4) is 0 Å². The number of hydrogen-bond acceptors (Lipinski definition) is 3. The minimum Gasteiger partial charge on any atom is -0.330 e. The van der Waals surface area contributed by atoms with Crippen LogP contribution in [0.15, 0.2) is 24.3 Å². The molecule has 0 saturated carbocycles. The average Bonchev–Trinajstić information content (AvgIpc) is 2.39. The lowest BCUT2D eigenvalue weighted by Gasteiger charge is -2.06. The summed E-state index contributed by atoms with van der Waals surface area (Å²) < 4.78 is 0. The molecule has 0 radical (unpaired) electrons. The highest BCUT2D eigenvalue weighted by atomic mass is 32.2. The van der Waals surface area contributed by atoms with E-state index in [0.29, 0.717) is 5.75 Å². The molecule has 3 nitrogen and oxygen atoms in total. The highest BCUT2D eigenvalue weighted by Gasteiger charge is 2.02. The predicted molar refractivity (Wildman–Crippen MR) is 80.1 cm³/mol. The first kappa shape index (κ1) is 15.1. The van der Waals surface area contributed by atoms with Gasteiger partial charge in [0.1, 0.15) is 0 Å². The van der Waals surface area contributed by atoms with E-state index in [1.807, 2.05) is 24.3 Å². The number of carbonyl (C=O) groups is 1. The Hall–Kier alpha value is -1.00. The van der Waals surface area contributed by atoms with Gasteiger partial charge < -0.3 is 11.1 Å². The molecular formula is C14H22N2OS. The fourth-order valence-corrected chi connectivity index (χ4v) is 2.34. The van der Waals surface area contributed by atoms with Crippen LogP contribution in [-0.2, 0) is 11.2 Å². The van der Waals surface area contributed by atoms with E-state index in [0.717, 1.165) is 37.2 Å². The summed E-state index contributed by atoms with van der Waals surface area (Å²) in [7, 11) is 0. The van der Waals surface area contributed by atoms with Crippen LogP contribution >= 0.6 is 11.8 Å². The lowest BCUT2D eigenvalue weighted by Crippen LogP contribution is -2.14. The Bertz CT molecular complexity index is 351. The van der Waals surface area contributed by atoms with Gasteiger partial charge in [-0.05, 0) is 49.3 Å². The molecule has 0 atom stereocenters. The summed E-state index contributed by atoms with van der Waals surface area (Å²) in [5.41, 5.74) is 7.56. The monoisotopic (exact) mass is 266 g/mol. The van der Waals surface area contributed by atoms with Crippen molar-refractivity contribution < 1.29 is 4.79 Å². The van der Waals surface area contributed by atoms with Gasteiger partial charge in [-0.2, -0.15) is 11.8 Å². The summed E-state index contributed by atoms with van der Waals surface area (Å²) in [5.74, 6) is 1.58. The van der Waals surface area contributed by atoms with Crippen LogP contribution in [0.2, 0.25) is 0 Å². The number of thioether (sulfide) groups is 1. The zero-order chi connectivity index (χ0) is 13.2. The van der Waals surface area contributed by atoms with Gasteiger partial charge in [0, 0.05) is 5.69 Å². The lowest BCUT2D eigenvalue weighted by molar-refractivity contribution is -0.113. The molecule has 0 heterocycles. The number of rotatable bonds is 8. The van der Waals surface area contributed by atoms with E-state index < -0.39 is 0 Å². The normalized spacial score (nSPS) is 10.3. The summed E-state index contributed by atoms with van der Waals surface area (Å²) in [4.78, 5) is 11.6. The van der Waals surface area contributed by atoms with E-state index in [-0.39, 0.29) is 5.91 Å². The molecule has 3 N–H and O–H groups in total. The number of amides is 1. The molecule has 0 aromatic heterocycles. The van der Waals surface area contributed by atoms with Crippen LogP contribution in [0.25, 0.3) is 0 Å². The highest BCUT2D eigenvalue weighted by molar-refractivity contribution is 7.99. The van der Waals surface area contributed by atoms with E-state index in [4.69, 9.17) is 5.73 Å². The molecule has 0 aliphatic heterocycles. The van der Waals surface area contributed by atoms with E-state index in [2.05, 4.69) is 12.2 Å². The van der Waals surface area contributed by atoms with Gasteiger partial charge >= 0.3 is 0 Å². The second kappa shape index (κ2) is 9.00. The third kappa shape index (κ3) is 6.07. The summed E-state index contributed by atoms with van der Waals surface area (Å²) in [6.45, 7) is 2.85. The zero-order valence-corrected chi connectivity index (χ0v) is 11.8. The molecule has 4 heteroatoms. The molecule has 0 fully saturated rings. The number of nitrogens with two attached hydrogens (primary N) is 1. The van der Waals surface area contributed by atoms with Crippen LogP contribution in [0.4, 0.5) is 5.69 Å². The summed E-state index contributed by atoms with van der Waals surface area (Å²) >= 11 is 1.66. The van der Waals surface area contributed by atoms with E-state index >= 15 is 0 Å². The Morgan fingerprint density at radius 3 is 2.61 bits per heavy atom. The molecule has 0 spiro atoms. The maximum atomic E-state index is 11.6. The molecule has 0 saturated heterocycles. The second-order valence-electron chi connectivity index (χ2n) is 4.15. The molecule has 100 valence electrons. The Kier molecular flexibility index (Phi) is 7.53. The minimum atomic E-state index is 0.0667. The Balaban J connectivity index is 2.22. The molecule has 1 rings (SSSR count). The largest absolute Gasteiger partial charge is 0.330 e. The van der Waals surface area contributed by atoms with Gasteiger partial charge in [-0.25, -0.2) is 0 Å². The quantitative estimate of drug-likeness (QED) is 0.711.